The first-order chi connectivity index (χ1) is 10.1. The summed E-state index contributed by atoms with van der Waals surface area (Å²) in [6.45, 7) is 5.12. The van der Waals surface area contributed by atoms with Crippen molar-refractivity contribution in [2.45, 2.75) is 25.3 Å². The van der Waals surface area contributed by atoms with Gasteiger partial charge in [0.05, 0.1) is 18.6 Å². The van der Waals surface area contributed by atoms with Crippen molar-refractivity contribution in [3.05, 3.63) is 0 Å². The molecule has 7 nitrogen and oxygen atoms in total. The zero-order valence-electron chi connectivity index (χ0n) is 12.2. The van der Waals surface area contributed by atoms with Crippen LogP contribution >= 0.6 is 0 Å². The van der Waals surface area contributed by atoms with Gasteiger partial charge < -0.3 is 20.1 Å². The molecule has 21 heavy (non-hydrogen) atoms. The fraction of sp³-hybridized carbons (Fsp3) is 0.857. The van der Waals surface area contributed by atoms with Gasteiger partial charge in [-0.15, -0.1) is 0 Å². The highest BCUT2D eigenvalue weighted by Gasteiger charge is 2.50. The lowest BCUT2D eigenvalue weighted by Crippen LogP contribution is -2.47. The number of likely N-dealkylation sites (tertiary alicyclic amines) is 1. The predicted molar refractivity (Wildman–Crippen MR) is 75.1 cm³/mol. The first kappa shape index (κ1) is 14.6. The van der Waals surface area contributed by atoms with E-state index in [1.54, 1.807) is 4.90 Å². The summed E-state index contributed by atoms with van der Waals surface area (Å²) >= 11 is 0. The van der Waals surface area contributed by atoms with Gasteiger partial charge in [0.15, 0.2) is 0 Å². The molecule has 1 aliphatic carbocycles. The third-order valence-corrected chi connectivity index (χ3v) is 4.90. The monoisotopic (exact) mass is 297 g/mol. The summed E-state index contributed by atoms with van der Waals surface area (Å²) in [5, 5.41) is 11.9. The van der Waals surface area contributed by atoms with Gasteiger partial charge in [0, 0.05) is 38.8 Å². The van der Waals surface area contributed by atoms with Crippen LogP contribution in [0.5, 0.6) is 0 Å². The highest BCUT2D eigenvalue weighted by molar-refractivity contribution is 5.80. The van der Waals surface area contributed by atoms with Gasteiger partial charge in [0.2, 0.25) is 0 Å². The van der Waals surface area contributed by atoms with E-state index in [4.69, 9.17) is 9.84 Å². The van der Waals surface area contributed by atoms with Crippen molar-refractivity contribution in [3.63, 3.8) is 0 Å². The number of aliphatic carboxylic acids is 1. The number of morpholine rings is 1. The molecule has 3 aliphatic rings. The average molecular weight is 297 g/mol. The van der Waals surface area contributed by atoms with E-state index >= 15 is 0 Å². The maximum absolute atomic E-state index is 12.1. The number of nitrogens with one attached hydrogen (secondary N) is 1. The van der Waals surface area contributed by atoms with Crippen molar-refractivity contribution in [2.24, 2.45) is 5.41 Å². The fourth-order valence-corrected chi connectivity index (χ4v) is 3.14. The van der Waals surface area contributed by atoms with E-state index in [0.717, 1.165) is 45.8 Å². The third kappa shape index (κ3) is 3.13. The summed E-state index contributed by atoms with van der Waals surface area (Å²) in [5.41, 5.74) is -0.695. The zero-order chi connectivity index (χ0) is 14.9. The number of carbonyl (C=O) groups excluding carboxylic acids is 1. The fourth-order valence-electron chi connectivity index (χ4n) is 3.14. The summed E-state index contributed by atoms with van der Waals surface area (Å²) in [4.78, 5) is 27.4. The number of carboxylic acid groups (broad SMARTS) is 1. The molecule has 3 rings (SSSR count). The van der Waals surface area contributed by atoms with Gasteiger partial charge in [-0.2, -0.15) is 0 Å². The van der Waals surface area contributed by atoms with Gasteiger partial charge in [-0.3, -0.25) is 9.69 Å². The molecule has 0 aromatic heterocycles. The molecule has 118 valence electrons. The molecule has 0 aromatic rings. The van der Waals surface area contributed by atoms with Crippen LogP contribution in [0.4, 0.5) is 4.79 Å². The number of ether oxygens (including phenoxy) is 1. The molecule has 7 heteroatoms. The van der Waals surface area contributed by atoms with Crippen LogP contribution in [0, 0.1) is 5.41 Å². The Morgan fingerprint density at radius 3 is 2.57 bits per heavy atom. The van der Waals surface area contributed by atoms with Gasteiger partial charge >= 0.3 is 12.0 Å². The van der Waals surface area contributed by atoms with Gasteiger partial charge in [-0.1, -0.05) is 0 Å². The highest BCUT2D eigenvalue weighted by atomic mass is 16.5. The van der Waals surface area contributed by atoms with E-state index in [9.17, 15) is 9.59 Å². The standard InChI is InChI=1S/C14H23N3O4/c18-12(19)14(2-3-14)10-15-13(20)17-4-1-11(9-17)16-5-7-21-8-6-16/h11H,1-10H2,(H,15,20)(H,18,19). The number of rotatable bonds is 4. The van der Waals surface area contributed by atoms with Crippen LogP contribution in [-0.2, 0) is 9.53 Å². The van der Waals surface area contributed by atoms with E-state index in [1.807, 2.05) is 0 Å². The molecule has 0 spiro atoms. The minimum absolute atomic E-state index is 0.127. The minimum atomic E-state index is -0.796. The molecule has 0 bridgehead atoms. The van der Waals surface area contributed by atoms with Crippen molar-refractivity contribution >= 4 is 12.0 Å². The van der Waals surface area contributed by atoms with Gasteiger partial charge in [-0.25, -0.2) is 4.79 Å². The second-order valence-corrected chi connectivity index (χ2v) is 6.28. The maximum Gasteiger partial charge on any atom is 0.317 e. The number of hydrogen-bond donors (Lipinski definition) is 2. The summed E-state index contributed by atoms with van der Waals surface area (Å²) in [6.07, 6.45) is 2.32. The predicted octanol–water partition coefficient (Wildman–Crippen LogP) is -0.0327. The van der Waals surface area contributed by atoms with E-state index in [0.29, 0.717) is 18.9 Å². The number of carbonyl (C=O) groups is 2. The van der Waals surface area contributed by atoms with Crippen LogP contribution in [0.25, 0.3) is 0 Å². The van der Waals surface area contributed by atoms with Gasteiger partial charge in [-0.05, 0) is 19.3 Å². The Kier molecular flexibility index (Phi) is 4.03. The lowest BCUT2D eigenvalue weighted by molar-refractivity contribution is -0.143. The van der Waals surface area contributed by atoms with Crippen molar-refractivity contribution in [1.29, 1.82) is 0 Å². The van der Waals surface area contributed by atoms with Crippen LogP contribution in [0.3, 0.4) is 0 Å². The molecule has 1 unspecified atom stereocenters. The average Bonchev–Trinajstić information content (AvgIpc) is 3.14. The van der Waals surface area contributed by atoms with E-state index < -0.39 is 11.4 Å². The van der Waals surface area contributed by atoms with Crippen LogP contribution in [0.2, 0.25) is 0 Å². The topological polar surface area (TPSA) is 82.1 Å². The third-order valence-electron chi connectivity index (χ3n) is 4.90. The largest absolute Gasteiger partial charge is 0.481 e. The Labute approximate surface area is 124 Å². The van der Waals surface area contributed by atoms with Gasteiger partial charge in [0.25, 0.3) is 0 Å². The number of amides is 2. The van der Waals surface area contributed by atoms with Crippen LogP contribution in [0.1, 0.15) is 19.3 Å². The SMILES string of the molecule is O=C(NCC1(C(=O)O)CC1)N1CCC(N2CCOCC2)C1. The highest BCUT2D eigenvalue weighted by Crippen LogP contribution is 2.45. The number of hydrogen-bond acceptors (Lipinski definition) is 4. The minimum Gasteiger partial charge on any atom is -0.481 e. The lowest BCUT2D eigenvalue weighted by Gasteiger charge is -2.32. The molecular formula is C14H23N3O4. The van der Waals surface area contributed by atoms with Crippen molar-refractivity contribution < 1.29 is 19.4 Å². The second kappa shape index (κ2) is 5.81. The summed E-state index contributed by atoms with van der Waals surface area (Å²) in [5.74, 6) is -0.796. The molecule has 3 fully saturated rings. The summed E-state index contributed by atoms with van der Waals surface area (Å²) < 4.78 is 5.35. The summed E-state index contributed by atoms with van der Waals surface area (Å²) in [7, 11) is 0. The Morgan fingerprint density at radius 2 is 1.95 bits per heavy atom. The molecule has 2 aliphatic heterocycles. The Morgan fingerprint density at radius 1 is 1.24 bits per heavy atom. The molecule has 1 atom stereocenters. The summed E-state index contributed by atoms with van der Waals surface area (Å²) in [6, 6.07) is 0.285. The van der Waals surface area contributed by atoms with Gasteiger partial charge in [0.1, 0.15) is 0 Å². The van der Waals surface area contributed by atoms with E-state index in [1.165, 1.54) is 0 Å². The second-order valence-electron chi connectivity index (χ2n) is 6.28. The molecule has 2 saturated heterocycles. The molecule has 2 amide bonds. The smallest absolute Gasteiger partial charge is 0.317 e. The van der Waals surface area contributed by atoms with Crippen molar-refractivity contribution in [3.8, 4) is 0 Å². The van der Waals surface area contributed by atoms with Crippen LogP contribution in [0.15, 0.2) is 0 Å². The molecular weight excluding hydrogens is 274 g/mol. The number of nitrogens with zero attached hydrogens (tertiary/aromatic N) is 2. The lowest BCUT2D eigenvalue weighted by atomic mass is 10.1. The van der Waals surface area contributed by atoms with Crippen LogP contribution < -0.4 is 5.32 Å². The Balaban J connectivity index is 1.45. The quantitative estimate of drug-likeness (QED) is 0.761. The normalized spacial score (nSPS) is 28.4. The molecule has 0 radical (unpaired) electrons. The van der Waals surface area contributed by atoms with Crippen molar-refractivity contribution in [1.82, 2.24) is 15.1 Å². The zero-order valence-corrected chi connectivity index (χ0v) is 12.2. The Hall–Kier alpha value is -1.34. The first-order valence-electron chi connectivity index (χ1n) is 7.69. The van der Waals surface area contributed by atoms with Crippen molar-refractivity contribution in [2.75, 3.05) is 45.9 Å². The van der Waals surface area contributed by atoms with E-state index in [-0.39, 0.29) is 12.6 Å². The maximum atomic E-state index is 12.1. The first-order valence-corrected chi connectivity index (χ1v) is 7.69. The number of carboxylic acids is 1. The molecule has 2 N–H and O–H groups in total. The Bertz CT molecular complexity index is 418. The molecule has 1 saturated carbocycles. The molecule has 0 aromatic carbocycles. The van der Waals surface area contributed by atoms with Crippen LogP contribution in [-0.4, -0.2) is 78.9 Å². The molecule has 2 heterocycles. The van der Waals surface area contributed by atoms with E-state index in [2.05, 4.69) is 10.2 Å². The number of urea groups is 1.